The van der Waals surface area contributed by atoms with Gasteiger partial charge in [0.15, 0.2) is 0 Å². The Morgan fingerprint density at radius 1 is 0.867 bits per heavy atom. The molecule has 0 saturated carbocycles. The van der Waals surface area contributed by atoms with E-state index in [2.05, 4.69) is 0 Å². The van der Waals surface area contributed by atoms with Gasteiger partial charge < -0.3 is 19.3 Å². The van der Waals surface area contributed by atoms with Crippen LogP contribution in [0.3, 0.4) is 0 Å². The summed E-state index contributed by atoms with van der Waals surface area (Å²) in [6, 6.07) is 5.21. The highest BCUT2D eigenvalue weighted by atomic mass is 16.7. The van der Waals surface area contributed by atoms with Crippen LogP contribution in [0.4, 0.5) is 9.59 Å². The van der Waals surface area contributed by atoms with Gasteiger partial charge in [0.05, 0.1) is 0 Å². The van der Waals surface area contributed by atoms with Crippen molar-refractivity contribution in [2.24, 2.45) is 0 Å². The maximum atomic E-state index is 12.4. The predicted octanol–water partition coefficient (Wildman–Crippen LogP) is 4.60. The molecule has 1 atom stereocenters. The van der Waals surface area contributed by atoms with Crippen LogP contribution in [0.2, 0.25) is 0 Å². The molecule has 1 unspecified atom stereocenters. The number of likely N-dealkylation sites (N-methyl/N-ethyl adjacent to an activating group) is 1. The third-order valence-electron chi connectivity index (χ3n) is 4.18. The molecule has 1 aromatic rings. The molecule has 0 aliphatic heterocycles. The molecule has 1 aromatic carbocycles. The average molecular weight is 424 g/mol. The number of rotatable bonds is 5. The largest absolute Gasteiger partial charge is 0.514 e. The normalized spacial score (nSPS) is 13.2. The predicted molar refractivity (Wildman–Crippen MR) is 112 cm³/mol. The van der Waals surface area contributed by atoms with Gasteiger partial charge in [-0.2, -0.15) is 0 Å². The minimum Gasteiger partial charge on any atom is -0.480 e. The van der Waals surface area contributed by atoms with Crippen molar-refractivity contribution >= 4 is 18.2 Å². The molecule has 0 aliphatic carbocycles. The van der Waals surface area contributed by atoms with Gasteiger partial charge in [-0.05, 0) is 59.2 Å². The van der Waals surface area contributed by atoms with Crippen LogP contribution in [-0.2, 0) is 19.7 Å². The van der Waals surface area contributed by atoms with Crippen molar-refractivity contribution < 1.29 is 33.7 Å². The number of nitrogens with zero attached hydrogens (tertiary/aromatic N) is 1. The van der Waals surface area contributed by atoms with Crippen LogP contribution in [0.15, 0.2) is 24.3 Å². The number of hydrogen-bond donors (Lipinski definition) is 1. The van der Waals surface area contributed by atoms with E-state index >= 15 is 0 Å². The van der Waals surface area contributed by atoms with Gasteiger partial charge in [0.25, 0.3) is 0 Å². The number of hydrogen-bond acceptors (Lipinski definition) is 6. The lowest BCUT2D eigenvalue weighted by molar-refractivity contribution is -0.145. The summed E-state index contributed by atoms with van der Waals surface area (Å²) in [6.07, 6.45) is -1.56. The van der Waals surface area contributed by atoms with Crippen molar-refractivity contribution in [2.75, 3.05) is 7.05 Å². The molecule has 0 fully saturated rings. The summed E-state index contributed by atoms with van der Waals surface area (Å²) in [5, 5.41) is 9.83. The molecule has 8 heteroatoms. The van der Waals surface area contributed by atoms with Gasteiger partial charge in [-0.3, -0.25) is 4.90 Å². The fourth-order valence-corrected chi connectivity index (χ4v) is 2.88. The molecule has 0 aliphatic rings. The Morgan fingerprint density at radius 3 is 1.73 bits per heavy atom. The number of aliphatic carboxylic acids is 1. The second-order valence-electron chi connectivity index (χ2n) is 9.64. The molecule has 8 nitrogen and oxygen atoms in total. The topological polar surface area (TPSA) is 102 Å². The van der Waals surface area contributed by atoms with E-state index in [4.69, 9.17) is 14.2 Å². The Labute approximate surface area is 178 Å². The minimum absolute atomic E-state index is 0.260. The molecule has 168 valence electrons. The number of benzene rings is 1. The lowest BCUT2D eigenvalue weighted by Gasteiger charge is -2.38. The lowest BCUT2D eigenvalue weighted by Crippen LogP contribution is -2.54. The summed E-state index contributed by atoms with van der Waals surface area (Å²) >= 11 is 0. The zero-order valence-corrected chi connectivity index (χ0v) is 19.2. The highest BCUT2D eigenvalue weighted by Gasteiger charge is 2.42. The third-order valence-corrected chi connectivity index (χ3v) is 4.18. The van der Waals surface area contributed by atoms with Crippen LogP contribution in [0.25, 0.3) is 0 Å². The number of carbonyl (C=O) groups excluding carboxylic acids is 2. The van der Waals surface area contributed by atoms with Gasteiger partial charge in [-0.1, -0.05) is 26.0 Å². The van der Waals surface area contributed by atoms with Crippen LogP contribution in [0.5, 0.6) is 5.75 Å². The van der Waals surface area contributed by atoms with Gasteiger partial charge in [0.1, 0.15) is 23.0 Å². The average Bonchev–Trinajstić information content (AvgIpc) is 2.51. The van der Waals surface area contributed by atoms with Crippen molar-refractivity contribution in [3.8, 4) is 5.75 Å². The molecule has 0 saturated heterocycles. The molecular formula is C22H33NO7. The van der Waals surface area contributed by atoms with E-state index in [0.29, 0.717) is 5.56 Å². The van der Waals surface area contributed by atoms with E-state index in [9.17, 15) is 19.5 Å². The zero-order chi connectivity index (χ0) is 23.5. The molecule has 0 spiro atoms. The SMILES string of the molecule is CN(C(=O)OC(C)(C)C)C(C(=O)O)C(C)(C)c1ccc(OC(=O)OC(C)(C)C)cc1. The quantitative estimate of drug-likeness (QED) is 0.545. The molecule has 0 radical (unpaired) electrons. The molecule has 30 heavy (non-hydrogen) atoms. The first kappa shape index (κ1) is 25.3. The third kappa shape index (κ3) is 7.24. The maximum absolute atomic E-state index is 12.4. The van der Waals surface area contributed by atoms with E-state index in [1.165, 1.54) is 7.05 Å². The molecule has 1 amide bonds. The molecule has 0 heterocycles. The first-order valence-corrected chi connectivity index (χ1v) is 9.64. The van der Waals surface area contributed by atoms with Crippen molar-refractivity contribution in [1.29, 1.82) is 0 Å². The van der Waals surface area contributed by atoms with Gasteiger partial charge >= 0.3 is 18.2 Å². The summed E-state index contributed by atoms with van der Waals surface area (Å²) in [5.74, 6) is -0.904. The first-order chi connectivity index (χ1) is 13.4. The molecule has 1 rings (SSSR count). The smallest absolute Gasteiger partial charge is 0.480 e. The number of carbonyl (C=O) groups is 3. The van der Waals surface area contributed by atoms with Gasteiger partial charge in [-0.15, -0.1) is 0 Å². The Balaban J connectivity index is 3.07. The van der Waals surface area contributed by atoms with Crippen molar-refractivity contribution in [3.05, 3.63) is 29.8 Å². The Bertz CT molecular complexity index is 770. The van der Waals surface area contributed by atoms with E-state index in [-0.39, 0.29) is 5.75 Å². The fourth-order valence-electron chi connectivity index (χ4n) is 2.88. The van der Waals surface area contributed by atoms with Gasteiger partial charge in [0.2, 0.25) is 0 Å². The molecule has 0 bridgehead atoms. The second-order valence-corrected chi connectivity index (χ2v) is 9.64. The zero-order valence-electron chi connectivity index (χ0n) is 19.2. The first-order valence-electron chi connectivity index (χ1n) is 9.64. The molecule has 0 aromatic heterocycles. The van der Waals surface area contributed by atoms with Gasteiger partial charge in [-0.25, -0.2) is 14.4 Å². The fraction of sp³-hybridized carbons (Fsp3) is 0.591. The van der Waals surface area contributed by atoms with E-state index in [1.54, 1.807) is 79.7 Å². The van der Waals surface area contributed by atoms with Crippen molar-refractivity contribution in [3.63, 3.8) is 0 Å². The van der Waals surface area contributed by atoms with Crippen LogP contribution >= 0.6 is 0 Å². The van der Waals surface area contributed by atoms with Crippen molar-refractivity contribution in [2.45, 2.75) is 78.0 Å². The van der Waals surface area contributed by atoms with Gasteiger partial charge in [0, 0.05) is 12.5 Å². The number of amides is 1. The van der Waals surface area contributed by atoms with Crippen LogP contribution < -0.4 is 4.74 Å². The summed E-state index contributed by atoms with van der Waals surface area (Å²) < 4.78 is 15.6. The summed E-state index contributed by atoms with van der Waals surface area (Å²) in [5.41, 5.74) is -1.76. The number of carboxylic acid groups (broad SMARTS) is 1. The van der Waals surface area contributed by atoms with E-state index in [0.717, 1.165) is 4.90 Å². The Morgan fingerprint density at radius 2 is 1.33 bits per heavy atom. The summed E-state index contributed by atoms with van der Waals surface area (Å²) in [4.78, 5) is 37.4. The lowest BCUT2D eigenvalue weighted by atomic mass is 9.77. The number of carboxylic acids is 1. The monoisotopic (exact) mass is 423 g/mol. The minimum atomic E-state index is -1.19. The maximum Gasteiger partial charge on any atom is 0.514 e. The standard InChI is InChI=1S/C22H33NO7/c1-20(2,3)29-18(26)23(9)16(17(24)25)22(7,8)14-10-12-15(13-11-14)28-19(27)30-21(4,5)6/h10-13,16H,1-9H3,(H,24,25). The Kier molecular flexibility index (Phi) is 7.52. The van der Waals surface area contributed by atoms with E-state index in [1.807, 2.05) is 0 Å². The van der Waals surface area contributed by atoms with Crippen LogP contribution in [0.1, 0.15) is 61.0 Å². The Hall–Kier alpha value is -2.77. The van der Waals surface area contributed by atoms with Crippen LogP contribution in [-0.4, -0.2) is 52.5 Å². The summed E-state index contributed by atoms with van der Waals surface area (Å²) in [6.45, 7) is 13.8. The highest BCUT2D eigenvalue weighted by molar-refractivity contribution is 5.82. The van der Waals surface area contributed by atoms with Crippen molar-refractivity contribution in [1.82, 2.24) is 4.90 Å². The molecular weight excluding hydrogens is 390 g/mol. The highest BCUT2D eigenvalue weighted by Crippen LogP contribution is 2.32. The van der Waals surface area contributed by atoms with E-state index < -0.39 is 40.9 Å². The molecule has 1 N–H and O–H groups in total. The number of ether oxygens (including phenoxy) is 3. The second kappa shape index (κ2) is 8.93. The van der Waals surface area contributed by atoms with Crippen LogP contribution in [0, 0.1) is 0 Å². The summed E-state index contributed by atoms with van der Waals surface area (Å²) in [7, 11) is 1.40.